The van der Waals surface area contributed by atoms with Gasteiger partial charge < -0.3 is 15.4 Å². The van der Waals surface area contributed by atoms with Crippen LogP contribution in [0.4, 0.5) is 0 Å². The molecular weight excluding hydrogens is 387 g/mol. The molecule has 0 unspecified atom stereocenters. The summed E-state index contributed by atoms with van der Waals surface area (Å²) in [4.78, 5) is 25.1. The van der Waals surface area contributed by atoms with Gasteiger partial charge in [-0.1, -0.05) is 43.1 Å². The molecular formula is C20H22Cl2N2O3. The molecule has 0 radical (unpaired) electrons. The molecule has 0 aliphatic carbocycles. The average molecular weight is 409 g/mol. The lowest BCUT2D eigenvalue weighted by Crippen LogP contribution is -2.49. The molecule has 2 aromatic carbocycles. The van der Waals surface area contributed by atoms with Crippen LogP contribution in [0.2, 0.25) is 10.0 Å². The van der Waals surface area contributed by atoms with Crippen molar-refractivity contribution in [2.75, 3.05) is 7.11 Å². The molecule has 0 heterocycles. The number of amides is 2. The van der Waals surface area contributed by atoms with Gasteiger partial charge in [-0.3, -0.25) is 9.59 Å². The van der Waals surface area contributed by atoms with Gasteiger partial charge in [0.2, 0.25) is 5.91 Å². The third kappa shape index (κ3) is 5.88. The van der Waals surface area contributed by atoms with Gasteiger partial charge in [-0.2, -0.15) is 0 Å². The van der Waals surface area contributed by atoms with Gasteiger partial charge in [0.15, 0.2) is 0 Å². The van der Waals surface area contributed by atoms with E-state index in [9.17, 15) is 9.59 Å². The Hall–Kier alpha value is -2.24. The normalized spacial score (nSPS) is 11.8. The summed E-state index contributed by atoms with van der Waals surface area (Å²) in [6.45, 7) is 3.98. The van der Waals surface area contributed by atoms with Crippen LogP contribution in [-0.4, -0.2) is 25.0 Å². The van der Waals surface area contributed by atoms with Crippen LogP contribution in [0, 0.1) is 5.92 Å². The third-order valence-corrected chi connectivity index (χ3v) is 4.64. The van der Waals surface area contributed by atoms with Crippen LogP contribution >= 0.6 is 23.2 Å². The van der Waals surface area contributed by atoms with Gasteiger partial charge in [0, 0.05) is 22.2 Å². The second-order valence-corrected chi connectivity index (χ2v) is 7.22. The maximum atomic E-state index is 12.6. The van der Waals surface area contributed by atoms with Crippen molar-refractivity contribution in [2.45, 2.75) is 26.4 Å². The van der Waals surface area contributed by atoms with Gasteiger partial charge in [0.05, 0.1) is 7.11 Å². The van der Waals surface area contributed by atoms with E-state index in [4.69, 9.17) is 27.9 Å². The number of hydrogen-bond donors (Lipinski definition) is 2. The molecule has 2 aromatic rings. The van der Waals surface area contributed by atoms with E-state index in [2.05, 4.69) is 10.6 Å². The standard InChI is InChI=1S/C20H22Cl2N2O3/c1-12(2)18(24-19(25)13-5-8-16(27-3)9-6-13)20(26)23-11-14-4-7-15(21)10-17(14)22/h4-10,12,18H,11H2,1-3H3,(H,23,26)(H,24,25)/t18-/m0/s1. The van der Waals surface area contributed by atoms with Crippen molar-refractivity contribution in [1.82, 2.24) is 10.6 Å². The summed E-state index contributed by atoms with van der Waals surface area (Å²) >= 11 is 12.0. The van der Waals surface area contributed by atoms with Gasteiger partial charge in [0.1, 0.15) is 11.8 Å². The molecule has 0 spiro atoms. The Kier molecular flexibility index (Phi) is 7.51. The molecule has 1 atom stereocenters. The molecule has 0 bridgehead atoms. The Morgan fingerprint density at radius 3 is 2.30 bits per heavy atom. The predicted molar refractivity (Wildman–Crippen MR) is 107 cm³/mol. The Morgan fingerprint density at radius 1 is 1.07 bits per heavy atom. The molecule has 0 aliphatic heterocycles. The summed E-state index contributed by atoms with van der Waals surface area (Å²) in [6, 6.07) is 11.1. The summed E-state index contributed by atoms with van der Waals surface area (Å²) in [7, 11) is 1.56. The van der Waals surface area contributed by atoms with Gasteiger partial charge in [-0.25, -0.2) is 0 Å². The van der Waals surface area contributed by atoms with Crippen LogP contribution in [0.5, 0.6) is 5.75 Å². The van der Waals surface area contributed by atoms with Crippen LogP contribution in [0.25, 0.3) is 0 Å². The second kappa shape index (κ2) is 9.62. The van der Waals surface area contributed by atoms with Crippen LogP contribution in [-0.2, 0) is 11.3 Å². The van der Waals surface area contributed by atoms with Crippen molar-refractivity contribution in [2.24, 2.45) is 5.92 Å². The highest BCUT2D eigenvalue weighted by Gasteiger charge is 2.24. The molecule has 0 fully saturated rings. The van der Waals surface area contributed by atoms with E-state index in [1.807, 2.05) is 13.8 Å². The van der Waals surface area contributed by atoms with Crippen molar-refractivity contribution >= 4 is 35.0 Å². The van der Waals surface area contributed by atoms with Crippen LogP contribution in [0.3, 0.4) is 0 Å². The zero-order chi connectivity index (χ0) is 20.0. The summed E-state index contributed by atoms with van der Waals surface area (Å²) in [5.74, 6) is -0.0358. The van der Waals surface area contributed by atoms with E-state index in [0.29, 0.717) is 21.4 Å². The van der Waals surface area contributed by atoms with Crippen LogP contribution in [0.15, 0.2) is 42.5 Å². The Labute approximate surface area is 169 Å². The van der Waals surface area contributed by atoms with E-state index < -0.39 is 6.04 Å². The molecule has 27 heavy (non-hydrogen) atoms. The first-order valence-electron chi connectivity index (χ1n) is 8.48. The van der Waals surface area contributed by atoms with E-state index in [1.165, 1.54) is 0 Å². The minimum Gasteiger partial charge on any atom is -0.497 e. The molecule has 5 nitrogen and oxygen atoms in total. The Balaban J connectivity index is 2.02. The molecule has 7 heteroatoms. The molecule has 2 amide bonds. The average Bonchev–Trinajstić information content (AvgIpc) is 2.64. The van der Waals surface area contributed by atoms with Gasteiger partial charge in [-0.15, -0.1) is 0 Å². The Bertz CT molecular complexity index is 807. The summed E-state index contributed by atoms with van der Waals surface area (Å²) in [5, 5.41) is 6.61. The third-order valence-electron chi connectivity index (χ3n) is 4.06. The molecule has 0 aromatic heterocycles. The summed E-state index contributed by atoms with van der Waals surface area (Å²) in [5.41, 5.74) is 1.20. The number of rotatable bonds is 7. The van der Waals surface area contributed by atoms with Crippen molar-refractivity contribution in [3.05, 3.63) is 63.6 Å². The van der Waals surface area contributed by atoms with Gasteiger partial charge in [0.25, 0.3) is 5.91 Å². The van der Waals surface area contributed by atoms with Crippen molar-refractivity contribution in [3.8, 4) is 5.75 Å². The minimum atomic E-state index is -0.675. The quantitative estimate of drug-likeness (QED) is 0.725. The highest BCUT2D eigenvalue weighted by Crippen LogP contribution is 2.21. The lowest BCUT2D eigenvalue weighted by Gasteiger charge is -2.22. The van der Waals surface area contributed by atoms with E-state index >= 15 is 0 Å². The largest absolute Gasteiger partial charge is 0.497 e. The number of halogens is 2. The van der Waals surface area contributed by atoms with Crippen molar-refractivity contribution in [3.63, 3.8) is 0 Å². The number of hydrogen-bond acceptors (Lipinski definition) is 3. The lowest BCUT2D eigenvalue weighted by molar-refractivity contribution is -0.124. The molecule has 0 saturated carbocycles. The maximum absolute atomic E-state index is 12.6. The van der Waals surface area contributed by atoms with E-state index in [-0.39, 0.29) is 24.3 Å². The minimum absolute atomic E-state index is 0.0899. The number of benzene rings is 2. The molecule has 2 N–H and O–H groups in total. The fraction of sp³-hybridized carbons (Fsp3) is 0.300. The highest BCUT2D eigenvalue weighted by molar-refractivity contribution is 6.35. The van der Waals surface area contributed by atoms with Crippen molar-refractivity contribution in [1.29, 1.82) is 0 Å². The first-order chi connectivity index (χ1) is 12.8. The Morgan fingerprint density at radius 2 is 1.74 bits per heavy atom. The highest BCUT2D eigenvalue weighted by atomic mass is 35.5. The number of methoxy groups -OCH3 is 1. The van der Waals surface area contributed by atoms with E-state index in [0.717, 1.165) is 5.56 Å². The van der Waals surface area contributed by atoms with Crippen LogP contribution in [0.1, 0.15) is 29.8 Å². The first kappa shape index (κ1) is 21.1. The van der Waals surface area contributed by atoms with Crippen LogP contribution < -0.4 is 15.4 Å². The number of carbonyl (C=O) groups is 2. The number of ether oxygens (including phenoxy) is 1. The fourth-order valence-electron chi connectivity index (χ4n) is 2.46. The monoisotopic (exact) mass is 408 g/mol. The van der Waals surface area contributed by atoms with Gasteiger partial charge in [-0.05, 0) is 47.9 Å². The number of nitrogens with one attached hydrogen (secondary N) is 2. The summed E-state index contributed by atoms with van der Waals surface area (Å²) in [6.07, 6.45) is 0. The zero-order valence-electron chi connectivity index (χ0n) is 15.4. The molecule has 2 rings (SSSR count). The SMILES string of the molecule is COc1ccc(C(=O)N[C@H](C(=O)NCc2ccc(Cl)cc2Cl)C(C)C)cc1. The smallest absolute Gasteiger partial charge is 0.251 e. The first-order valence-corrected chi connectivity index (χ1v) is 9.24. The lowest BCUT2D eigenvalue weighted by atomic mass is 10.0. The molecule has 144 valence electrons. The summed E-state index contributed by atoms with van der Waals surface area (Å²) < 4.78 is 5.08. The zero-order valence-corrected chi connectivity index (χ0v) is 16.9. The predicted octanol–water partition coefficient (Wildman–Crippen LogP) is 4.07. The number of carbonyl (C=O) groups excluding carboxylic acids is 2. The van der Waals surface area contributed by atoms with Crippen molar-refractivity contribution < 1.29 is 14.3 Å². The fourth-order valence-corrected chi connectivity index (χ4v) is 2.93. The second-order valence-electron chi connectivity index (χ2n) is 6.38. The van der Waals surface area contributed by atoms with Gasteiger partial charge >= 0.3 is 0 Å². The molecule has 0 saturated heterocycles. The van der Waals surface area contributed by atoms with E-state index in [1.54, 1.807) is 49.6 Å². The molecule has 0 aliphatic rings. The topological polar surface area (TPSA) is 67.4 Å². The maximum Gasteiger partial charge on any atom is 0.251 e.